The zero-order valence-corrected chi connectivity index (χ0v) is 14.6. The summed E-state index contributed by atoms with van der Waals surface area (Å²) in [4.78, 5) is 30.5. The highest BCUT2D eigenvalue weighted by Gasteiger charge is 2.26. The standard InChI is InChI=1S/C22H16N2O3/c1-27-17-12-10-16(11-13-17)21(25)22(26)20-19(15-7-3-2-4-8-15)23-18-9-5-6-14-24(18)20/h2-14H,1H3. The van der Waals surface area contributed by atoms with E-state index >= 15 is 0 Å². The Hall–Kier alpha value is -3.73. The molecule has 5 nitrogen and oxygen atoms in total. The lowest BCUT2D eigenvalue weighted by atomic mass is 10.0. The number of nitrogens with zero attached hydrogens (tertiary/aromatic N) is 2. The maximum absolute atomic E-state index is 13.1. The molecule has 0 fully saturated rings. The average molecular weight is 356 g/mol. The number of methoxy groups -OCH3 is 1. The molecule has 0 saturated carbocycles. The second-order valence-corrected chi connectivity index (χ2v) is 5.99. The lowest BCUT2D eigenvalue weighted by Gasteiger charge is -2.05. The number of pyridine rings is 1. The van der Waals surface area contributed by atoms with Gasteiger partial charge in [-0.25, -0.2) is 4.98 Å². The number of rotatable bonds is 5. The largest absolute Gasteiger partial charge is 0.497 e. The van der Waals surface area contributed by atoms with Crippen molar-refractivity contribution in [3.8, 4) is 17.0 Å². The second kappa shape index (κ2) is 6.88. The molecule has 2 aromatic heterocycles. The number of aromatic nitrogens is 2. The highest BCUT2D eigenvalue weighted by Crippen LogP contribution is 2.26. The summed E-state index contributed by atoms with van der Waals surface area (Å²) in [5.41, 5.74) is 2.46. The predicted molar refractivity (Wildman–Crippen MR) is 102 cm³/mol. The minimum Gasteiger partial charge on any atom is -0.497 e. The first-order valence-electron chi connectivity index (χ1n) is 8.44. The van der Waals surface area contributed by atoms with Crippen molar-refractivity contribution < 1.29 is 14.3 Å². The van der Waals surface area contributed by atoms with Gasteiger partial charge in [-0.05, 0) is 36.4 Å². The van der Waals surface area contributed by atoms with Crippen LogP contribution in [0, 0.1) is 0 Å². The smallest absolute Gasteiger partial charge is 0.252 e. The Kier molecular flexibility index (Phi) is 4.26. The van der Waals surface area contributed by atoms with Crippen LogP contribution in [0.15, 0.2) is 79.0 Å². The summed E-state index contributed by atoms with van der Waals surface area (Å²) in [5.74, 6) is -0.558. The van der Waals surface area contributed by atoms with Crippen molar-refractivity contribution in [2.75, 3.05) is 7.11 Å². The number of benzene rings is 2. The lowest BCUT2D eigenvalue weighted by Crippen LogP contribution is -2.17. The number of Topliss-reactive ketones (excluding diaryl/α,β-unsaturated/α-hetero) is 2. The van der Waals surface area contributed by atoms with E-state index in [9.17, 15) is 9.59 Å². The summed E-state index contributed by atoms with van der Waals surface area (Å²) in [6, 6.07) is 21.3. The van der Waals surface area contributed by atoms with Crippen molar-refractivity contribution in [2.24, 2.45) is 0 Å². The molecular weight excluding hydrogens is 340 g/mol. The molecule has 0 atom stereocenters. The number of ether oxygens (including phenoxy) is 1. The van der Waals surface area contributed by atoms with Gasteiger partial charge in [0, 0.05) is 17.3 Å². The molecule has 0 spiro atoms. The lowest BCUT2D eigenvalue weighted by molar-refractivity contribution is 0.0814. The molecule has 0 amide bonds. The molecule has 4 rings (SSSR count). The van der Waals surface area contributed by atoms with Gasteiger partial charge in [0.25, 0.3) is 5.78 Å². The van der Waals surface area contributed by atoms with Gasteiger partial charge in [0.05, 0.1) is 7.11 Å². The van der Waals surface area contributed by atoms with Crippen molar-refractivity contribution in [1.29, 1.82) is 0 Å². The van der Waals surface area contributed by atoms with Crippen LogP contribution in [-0.2, 0) is 0 Å². The summed E-state index contributed by atoms with van der Waals surface area (Å²) >= 11 is 0. The molecular formula is C22H16N2O3. The molecule has 2 heterocycles. The molecule has 0 unspecified atom stereocenters. The first kappa shape index (κ1) is 16.7. The Bertz CT molecular complexity index is 1130. The van der Waals surface area contributed by atoms with E-state index in [-0.39, 0.29) is 5.69 Å². The number of fused-ring (bicyclic) bond motifs is 1. The van der Waals surface area contributed by atoms with Gasteiger partial charge in [0.15, 0.2) is 0 Å². The number of carbonyl (C=O) groups excluding carboxylic acids is 2. The molecule has 0 N–H and O–H groups in total. The van der Waals surface area contributed by atoms with Gasteiger partial charge in [-0.3, -0.25) is 14.0 Å². The van der Waals surface area contributed by atoms with Crippen molar-refractivity contribution in [3.63, 3.8) is 0 Å². The molecule has 4 aromatic rings. The highest BCUT2D eigenvalue weighted by molar-refractivity contribution is 6.49. The van der Waals surface area contributed by atoms with E-state index in [1.165, 1.54) is 0 Å². The van der Waals surface area contributed by atoms with Gasteiger partial charge in [-0.15, -0.1) is 0 Å². The monoisotopic (exact) mass is 356 g/mol. The third-order valence-electron chi connectivity index (χ3n) is 4.35. The fourth-order valence-electron chi connectivity index (χ4n) is 2.99. The molecule has 0 radical (unpaired) electrons. The summed E-state index contributed by atoms with van der Waals surface area (Å²) < 4.78 is 6.76. The van der Waals surface area contributed by atoms with Gasteiger partial charge in [-0.2, -0.15) is 0 Å². The van der Waals surface area contributed by atoms with Gasteiger partial charge in [0.2, 0.25) is 5.78 Å². The van der Waals surface area contributed by atoms with Crippen LogP contribution in [0.1, 0.15) is 20.8 Å². The van der Waals surface area contributed by atoms with Crippen LogP contribution < -0.4 is 4.74 Å². The molecule has 0 bridgehead atoms. The second-order valence-electron chi connectivity index (χ2n) is 5.99. The Morgan fingerprint density at radius 3 is 2.26 bits per heavy atom. The van der Waals surface area contributed by atoms with E-state index in [1.807, 2.05) is 36.4 Å². The van der Waals surface area contributed by atoms with Crippen LogP contribution in [0.2, 0.25) is 0 Å². The molecule has 0 saturated heterocycles. The SMILES string of the molecule is COc1ccc(C(=O)C(=O)c2c(-c3ccccc3)nc3ccccn23)cc1. The molecule has 27 heavy (non-hydrogen) atoms. The van der Waals surface area contributed by atoms with Gasteiger partial charge >= 0.3 is 0 Å². The zero-order valence-electron chi connectivity index (χ0n) is 14.6. The van der Waals surface area contributed by atoms with Crippen LogP contribution in [0.4, 0.5) is 0 Å². The molecule has 0 aliphatic heterocycles. The third kappa shape index (κ3) is 3.00. The van der Waals surface area contributed by atoms with Crippen LogP contribution in [0.3, 0.4) is 0 Å². The summed E-state index contributed by atoms with van der Waals surface area (Å²) in [6.45, 7) is 0. The maximum atomic E-state index is 13.1. The minimum absolute atomic E-state index is 0.262. The molecule has 2 aromatic carbocycles. The van der Waals surface area contributed by atoms with Crippen molar-refractivity contribution in [2.45, 2.75) is 0 Å². The topological polar surface area (TPSA) is 60.7 Å². The first-order chi connectivity index (χ1) is 13.2. The number of hydrogen-bond donors (Lipinski definition) is 0. The number of imidazole rings is 1. The highest BCUT2D eigenvalue weighted by atomic mass is 16.5. The van der Waals surface area contributed by atoms with E-state index < -0.39 is 11.6 Å². The van der Waals surface area contributed by atoms with Crippen LogP contribution in [-0.4, -0.2) is 28.1 Å². The van der Waals surface area contributed by atoms with Crippen molar-refractivity contribution in [1.82, 2.24) is 9.38 Å². The van der Waals surface area contributed by atoms with Crippen molar-refractivity contribution >= 4 is 17.2 Å². The summed E-state index contributed by atoms with van der Waals surface area (Å²) in [5, 5.41) is 0. The molecule has 0 aliphatic rings. The number of ketones is 2. The fraction of sp³-hybridized carbons (Fsp3) is 0.0455. The van der Waals surface area contributed by atoms with E-state index in [1.54, 1.807) is 54.1 Å². The quantitative estimate of drug-likeness (QED) is 0.399. The fourth-order valence-corrected chi connectivity index (χ4v) is 2.99. The maximum Gasteiger partial charge on any atom is 0.252 e. The predicted octanol–water partition coefficient (Wildman–Crippen LogP) is 4.08. The van der Waals surface area contributed by atoms with Crippen molar-refractivity contribution in [3.05, 3.63) is 90.3 Å². The minimum atomic E-state index is -0.599. The Balaban J connectivity index is 1.84. The van der Waals surface area contributed by atoms with Crippen LogP contribution in [0.25, 0.3) is 16.9 Å². The third-order valence-corrected chi connectivity index (χ3v) is 4.35. The molecule has 132 valence electrons. The van der Waals surface area contributed by atoms with E-state index in [0.29, 0.717) is 22.7 Å². The first-order valence-corrected chi connectivity index (χ1v) is 8.44. The van der Waals surface area contributed by atoms with Crippen LogP contribution >= 0.6 is 0 Å². The Morgan fingerprint density at radius 1 is 0.852 bits per heavy atom. The Labute approximate surface area is 155 Å². The zero-order chi connectivity index (χ0) is 18.8. The van der Waals surface area contributed by atoms with Crippen LogP contribution in [0.5, 0.6) is 5.75 Å². The number of carbonyl (C=O) groups is 2. The van der Waals surface area contributed by atoms with Gasteiger partial charge in [-0.1, -0.05) is 36.4 Å². The van der Waals surface area contributed by atoms with Gasteiger partial charge < -0.3 is 4.74 Å². The van der Waals surface area contributed by atoms with Gasteiger partial charge in [0.1, 0.15) is 22.8 Å². The van der Waals surface area contributed by atoms with E-state index in [4.69, 9.17) is 4.74 Å². The average Bonchev–Trinajstić information content (AvgIpc) is 3.13. The normalized spacial score (nSPS) is 10.7. The number of hydrogen-bond acceptors (Lipinski definition) is 4. The van der Waals surface area contributed by atoms with E-state index in [2.05, 4.69) is 4.98 Å². The van der Waals surface area contributed by atoms with E-state index in [0.717, 1.165) is 5.56 Å². The molecule has 5 heteroatoms. The summed E-state index contributed by atoms with van der Waals surface area (Å²) in [6.07, 6.45) is 1.74. The molecule has 0 aliphatic carbocycles. The Morgan fingerprint density at radius 2 is 1.56 bits per heavy atom. The summed E-state index contributed by atoms with van der Waals surface area (Å²) in [7, 11) is 1.55.